The van der Waals surface area contributed by atoms with Crippen molar-refractivity contribution >= 4 is 21.6 Å². The van der Waals surface area contributed by atoms with Crippen LogP contribution in [0.2, 0.25) is 0 Å². The zero-order valence-electron chi connectivity index (χ0n) is 7.16. The van der Waals surface area contributed by atoms with E-state index in [4.69, 9.17) is 5.73 Å². The van der Waals surface area contributed by atoms with E-state index in [0.29, 0.717) is 10.0 Å². The molecule has 2 N–H and O–H groups in total. The molecule has 1 aromatic rings. The average molecular weight is 255 g/mol. The Morgan fingerprint density at radius 1 is 1.57 bits per heavy atom. The van der Waals surface area contributed by atoms with Gasteiger partial charge in [-0.25, -0.2) is 0 Å². The maximum absolute atomic E-state index is 10.6. The van der Waals surface area contributed by atoms with Crippen molar-refractivity contribution in [3.8, 4) is 11.8 Å². The monoisotopic (exact) mass is 254 g/mol. The molecule has 0 fully saturated rings. The summed E-state index contributed by atoms with van der Waals surface area (Å²) in [5.74, 6) is 5.22. The largest absolute Gasteiger partial charge is 0.320 e. The molecule has 0 aliphatic heterocycles. The van der Waals surface area contributed by atoms with Crippen molar-refractivity contribution in [1.82, 2.24) is 0 Å². The van der Waals surface area contributed by atoms with Gasteiger partial charge >= 0.3 is 0 Å². The Bertz CT molecular complexity index is 421. The van der Waals surface area contributed by atoms with E-state index in [2.05, 4.69) is 27.8 Å². The first-order chi connectivity index (χ1) is 6.65. The molecule has 5 heteroatoms. The predicted octanol–water partition coefficient (Wildman–Crippen LogP) is 1.67. The number of rotatable bonds is 1. The maximum Gasteiger partial charge on any atom is 0.286 e. The fourth-order valence-electron chi connectivity index (χ4n) is 0.908. The molecular weight excluding hydrogens is 248 g/mol. The highest BCUT2D eigenvalue weighted by atomic mass is 79.9. The van der Waals surface area contributed by atoms with Gasteiger partial charge in [0.05, 0.1) is 11.5 Å². The SMILES string of the molecule is NCC#Cc1ccc(Br)cc1[N+](=O)[O-]. The van der Waals surface area contributed by atoms with E-state index >= 15 is 0 Å². The highest BCUT2D eigenvalue weighted by molar-refractivity contribution is 9.10. The van der Waals surface area contributed by atoms with E-state index < -0.39 is 4.92 Å². The number of nitro benzene ring substituents is 1. The Hall–Kier alpha value is -1.38. The van der Waals surface area contributed by atoms with Crippen molar-refractivity contribution in [1.29, 1.82) is 0 Å². The van der Waals surface area contributed by atoms with E-state index in [1.165, 1.54) is 6.07 Å². The molecule has 72 valence electrons. The molecular formula is C9H7BrN2O2. The van der Waals surface area contributed by atoms with E-state index in [-0.39, 0.29) is 12.2 Å². The molecule has 0 saturated heterocycles. The van der Waals surface area contributed by atoms with Crippen LogP contribution in [0.25, 0.3) is 0 Å². The molecule has 0 aliphatic rings. The van der Waals surface area contributed by atoms with Crippen molar-refractivity contribution in [3.63, 3.8) is 0 Å². The molecule has 14 heavy (non-hydrogen) atoms. The number of nitrogens with zero attached hydrogens (tertiary/aromatic N) is 1. The number of halogens is 1. The van der Waals surface area contributed by atoms with Gasteiger partial charge < -0.3 is 5.73 Å². The average Bonchev–Trinajstić information content (AvgIpc) is 2.15. The Balaban J connectivity index is 3.22. The fraction of sp³-hybridized carbons (Fsp3) is 0.111. The van der Waals surface area contributed by atoms with Gasteiger partial charge in [0.2, 0.25) is 0 Å². The number of hydrogen-bond donors (Lipinski definition) is 1. The second kappa shape index (κ2) is 4.74. The number of benzene rings is 1. The summed E-state index contributed by atoms with van der Waals surface area (Å²) in [5, 5.41) is 10.6. The van der Waals surface area contributed by atoms with Crippen LogP contribution in [0, 0.1) is 22.0 Å². The third-order valence-corrected chi connectivity index (χ3v) is 1.97. The third kappa shape index (κ3) is 2.55. The topological polar surface area (TPSA) is 69.2 Å². The van der Waals surface area contributed by atoms with Crippen molar-refractivity contribution in [3.05, 3.63) is 38.3 Å². The van der Waals surface area contributed by atoms with Crippen molar-refractivity contribution in [2.75, 3.05) is 6.54 Å². The zero-order chi connectivity index (χ0) is 10.6. The van der Waals surface area contributed by atoms with Crippen LogP contribution in [0.1, 0.15) is 5.56 Å². The van der Waals surface area contributed by atoms with Gasteiger partial charge in [-0.2, -0.15) is 0 Å². The van der Waals surface area contributed by atoms with Crippen LogP contribution < -0.4 is 5.73 Å². The summed E-state index contributed by atoms with van der Waals surface area (Å²) >= 11 is 3.16. The van der Waals surface area contributed by atoms with Crippen LogP contribution in [0.3, 0.4) is 0 Å². The van der Waals surface area contributed by atoms with Crippen molar-refractivity contribution in [2.24, 2.45) is 5.73 Å². The first kappa shape index (κ1) is 10.7. The minimum atomic E-state index is -0.467. The minimum Gasteiger partial charge on any atom is -0.320 e. The summed E-state index contributed by atoms with van der Waals surface area (Å²) < 4.78 is 0.655. The number of hydrogen-bond acceptors (Lipinski definition) is 3. The van der Waals surface area contributed by atoms with E-state index in [9.17, 15) is 10.1 Å². The highest BCUT2D eigenvalue weighted by Gasteiger charge is 2.11. The molecule has 0 radical (unpaired) electrons. The van der Waals surface area contributed by atoms with Crippen LogP contribution in [0.5, 0.6) is 0 Å². The van der Waals surface area contributed by atoms with E-state index in [1.807, 2.05) is 0 Å². The first-order valence-electron chi connectivity index (χ1n) is 3.78. The second-order valence-electron chi connectivity index (χ2n) is 2.42. The lowest BCUT2D eigenvalue weighted by atomic mass is 10.2. The predicted molar refractivity (Wildman–Crippen MR) is 56.7 cm³/mol. The molecule has 0 aliphatic carbocycles. The third-order valence-electron chi connectivity index (χ3n) is 1.48. The van der Waals surface area contributed by atoms with Gasteiger partial charge in [0.25, 0.3) is 5.69 Å². The quantitative estimate of drug-likeness (QED) is 0.471. The summed E-state index contributed by atoms with van der Waals surface area (Å²) in [6, 6.07) is 4.71. The van der Waals surface area contributed by atoms with E-state index in [0.717, 1.165) is 0 Å². The van der Waals surface area contributed by atoms with Gasteiger partial charge in [0, 0.05) is 10.5 Å². The van der Waals surface area contributed by atoms with Gasteiger partial charge in [-0.05, 0) is 12.1 Å². The molecule has 0 heterocycles. The van der Waals surface area contributed by atoms with Crippen LogP contribution in [-0.2, 0) is 0 Å². The Morgan fingerprint density at radius 2 is 2.29 bits per heavy atom. The first-order valence-corrected chi connectivity index (χ1v) is 4.57. The Morgan fingerprint density at radius 3 is 2.86 bits per heavy atom. The summed E-state index contributed by atoms with van der Waals surface area (Å²) in [6.45, 7) is 0.188. The van der Waals surface area contributed by atoms with Gasteiger partial charge in [-0.15, -0.1) is 0 Å². The molecule has 0 aromatic heterocycles. The van der Waals surface area contributed by atoms with Crippen molar-refractivity contribution in [2.45, 2.75) is 0 Å². The summed E-state index contributed by atoms with van der Waals surface area (Å²) in [7, 11) is 0. The molecule has 4 nitrogen and oxygen atoms in total. The number of nitrogens with two attached hydrogens (primary N) is 1. The maximum atomic E-state index is 10.6. The fourth-order valence-corrected chi connectivity index (χ4v) is 1.26. The van der Waals surface area contributed by atoms with Gasteiger partial charge in [0.15, 0.2) is 0 Å². The minimum absolute atomic E-state index is 0.0136. The van der Waals surface area contributed by atoms with Gasteiger partial charge in [-0.1, -0.05) is 27.8 Å². The van der Waals surface area contributed by atoms with Crippen LogP contribution in [0.15, 0.2) is 22.7 Å². The number of nitro groups is 1. The van der Waals surface area contributed by atoms with Crippen molar-refractivity contribution < 1.29 is 4.92 Å². The molecule has 0 amide bonds. The van der Waals surface area contributed by atoms with Crippen LogP contribution in [0.4, 0.5) is 5.69 Å². The molecule has 0 saturated carbocycles. The normalized spacial score (nSPS) is 9.00. The van der Waals surface area contributed by atoms with Gasteiger partial charge in [0.1, 0.15) is 5.56 Å². The smallest absolute Gasteiger partial charge is 0.286 e. The lowest BCUT2D eigenvalue weighted by molar-refractivity contribution is -0.385. The standard InChI is InChI=1S/C9H7BrN2O2/c10-8-4-3-7(2-1-5-11)9(6-8)12(13)14/h3-4,6H,5,11H2. The van der Waals surface area contributed by atoms with Crippen LogP contribution >= 0.6 is 15.9 Å². The zero-order valence-corrected chi connectivity index (χ0v) is 8.74. The molecule has 0 bridgehead atoms. The summed E-state index contributed by atoms with van der Waals surface area (Å²) in [5.41, 5.74) is 5.54. The second-order valence-corrected chi connectivity index (χ2v) is 3.34. The summed E-state index contributed by atoms with van der Waals surface area (Å²) in [4.78, 5) is 10.2. The molecule has 1 aromatic carbocycles. The molecule has 0 spiro atoms. The Labute approximate surface area is 89.4 Å². The Kier molecular flexibility index (Phi) is 3.63. The molecule has 0 atom stereocenters. The molecule has 0 unspecified atom stereocenters. The van der Waals surface area contributed by atoms with Crippen LogP contribution in [-0.4, -0.2) is 11.5 Å². The van der Waals surface area contributed by atoms with E-state index in [1.54, 1.807) is 12.1 Å². The highest BCUT2D eigenvalue weighted by Crippen LogP contribution is 2.22. The molecule has 1 rings (SSSR count). The lowest BCUT2D eigenvalue weighted by Crippen LogP contribution is -1.95. The van der Waals surface area contributed by atoms with Gasteiger partial charge in [-0.3, -0.25) is 10.1 Å². The lowest BCUT2D eigenvalue weighted by Gasteiger charge is -1.95. The summed E-state index contributed by atoms with van der Waals surface area (Å²) in [6.07, 6.45) is 0.